The lowest BCUT2D eigenvalue weighted by molar-refractivity contribution is -0.385. The van der Waals surface area contributed by atoms with Gasteiger partial charge in [0.25, 0.3) is 5.69 Å². The van der Waals surface area contributed by atoms with Crippen molar-refractivity contribution in [2.45, 2.75) is 26.2 Å². The molecule has 17 heavy (non-hydrogen) atoms. The van der Waals surface area contributed by atoms with E-state index < -0.39 is 11.0 Å². The zero-order valence-electron chi connectivity index (χ0n) is 9.85. The molecule has 0 bridgehead atoms. The fraction of sp³-hybridized carbons (Fsp3) is 0.364. The summed E-state index contributed by atoms with van der Waals surface area (Å²) in [6, 6.07) is 4.32. The van der Waals surface area contributed by atoms with Gasteiger partial charge in [0.1, 0.15) is 0 Å². The molecule has 6 heteroatoms. The first kappa shape index (κ1) is 13.0. The maximum absolute atomic E-state index is 10.9. The first-order valence-corrected chi connectivity index (χ1v) is 5.00. The molecule has 0 heterocycles. The fourth-order valence-corrected chi connectivity index (χ4v) is 1.52. The maximum atomic E-state index is 10.9. The van der Waals surface area contributed by atoms with E-state index >= 15 is 0 Å². The van der Waals surface area contributed by atoms with Gasteiger partial charge < -0.3 is 5.11 Å². The number of hydrogen-bond acceptors (Lipinski definition) is 3. The molecule has 1 aromatic carbocycles. The van der Waals surface area contributed by atoms with Crippen LogP contribution in [0.1, 0.15) is 26.3 Å². The number of anilines is 1. The minimum atomic E-state index is -1.25. The van der Waals surface area contributed by atoms with Crippen molar-refractivity contribution in [3.8, 4) is 0 Å². The smallest absolute Gasteiger partial charge is 0.409 e. The molecule has 0 spiro atoms. The van der Waals surface area contributed by atoms with Gasteiger partial charge in [-0.15, -0.1) is 0 Å². The summed E-state index contributed by atoms with van der Waals surface area (Å²) in [5, 5.41) is 21.6. The molecule has 0 aliphatic rings. The molecule has 1 amide bonds. The third kappa shape index (κ3) is 3.17. The lowest BCUT2D eigenvalue weighted by atomic mass is 9.85. The second-order valence-electron chi connectivity index (χ2n) is 4.67. The third-order valence-corrected chi connectivity index (χ3v) is 2.25. The number of nitro benzene ring substituents is 1. The van der Waals surface area contributed by atoms with E-state index in [0.717, 1.165) is 0 Å². The molecule has 6 nitrogen and oxygen atoms in total. The van der Waals surface area contributed by atoms with E-state index in [4.69, 9.17) is 5.11 Å². The van der Waals surface area contributed by atoms with Gasteiger partial charge >= 0.3 is 6.09 Å². The summed E-state index contributed by atoms with van der Waals surface area (Å²) >= 11 is 0. The topological polar surface area (TPSA) is 92.5 Å². The van der Waals surface area contributed by atoms with E-state index in [1.807, 2.05) is 20.8 Å². The van der Waals surface area contributed by atoms with Crippen LogP contribution in [0, 0.1) is 10.1 Å². The zero-order valence-corrected chi connectivity index (χ0v) is 9.85. The monoisotopic (exact) mass is 238 g/mol. The SMILES string of the molecule is CC(C)(C)c1ccc(NC(=O)O)cc1[N+](=O)[O-]. The van der Waals surface area contributed by atoms with E-state index in [1.54, 1.807) is 6.07 Å². The zero-order chi connectivity index (χ0) is 13.2. The Morgan fingerprint density at radius 3 is 2.41 bits per heavy atom. The molecule has 1 aromatic rings. The van der Waals surface area contributed by atoms with Crippen molar-refractivity contribution in [2.75, 3.05) is 5.32 Å². The highest BCUT2D eigenvalue weighted by Crippen LogP contribution is 2.33. The van der Waals surface area contributed by atoms with E-state index in [0.29, 0.717) is 5.56 Å². The molecule has 1 rings (SSSR count). The highest BCUT2D eigenvalue weighted by molar-refractivity contribution is 5.83. The molecule has 0 atom stereocenters. The maximum Gasteiger partial charge on any atom is 0.409 e. The van der Waals surface area contributed by atoms with Crippen LogP contribution in [0.3, 0.4) is 0 Å². The lowest BCUT2D eigenvalue weighted by Crippen LogP contribution is -2.15. The number of nitrogens with one attached hydrogen (secondary N) is 1. The van der Waals surface area contributed by atoms with Crippen molar-refractivity contribution in [3.63, 3.8) is 0 Å². The van der Waals surface area contributed by atoms with Gasteiger partial charge in [-0.25, -0.2) is 4.79 Å². The van der Waals surface area contributed by atoms with Gasteiger partial charge in [-0.05, 0) is 17.5 Å². The summed E-state index contributed by atoms with van der Waals surface area (Å²) in [4.78, 5) is 20.9. The first-order chi connectivity index (χ1) is 7.71. The highest BCUT2D eigenvalue weighted by Gasteiger charge is 2.25. The average Bonchev–Trinajstić information content (AvgIpc) is 2.14. The quantitative estimate of drug-likeness (QED) is 0.611. The minimum absolute atomic E-state index is 0.0799. The van der Waals surface area contributed by atoms with Gasteiger partial charge in [0.15, 0.2) is 0 Å². The average molecular weight is 238 g/mol. The Morgan fingerprint density at radius 2 is 2.00 bits per heavy atom. The number of hydrogen-bond donors (Lipinski definition) is 2. The highest BCUT2D eigenvalue weighted by atomic mass is 16.6. The summed E-state index contributed by atoms with van der Waals surface area (Å²) in [5.41, 5.74) is 0.309. The largest absolute Gasteiger partial charge is 0.465 e. The minimum Gasteiger partial charge on any atom is -0.465 e. The Bertz CT molecular complexity index is 463. The van der Waals surface area contributed by atoms with E-state index in [1.165, 1.54) is 12.1 Å². The van der Waals surface area contributed by atoms with Gasteiger partial charge in [0.2, 0.25) is 0 Å². The Hall–Kier alpha value is -2.11. The normalized spacial score (nSPS) is 11.0. The number of nitrogens with zero attached hydrogens (tertiary/aromatic N) is 1. The summed E-state index contributed by atoms with van der Waals surface area (Å²) in [7, 11) is 0. The van der Waals surface area contributed by atoms with Crippen molar-refractivity contribution in [2.24, 2.45) is 0 Å². The van der Waals surface area contributed by atoms with E-state index in [-0.39, 0.29) is 16.8 Å². The van der Waals surface area contributed by atoms with Crippen LogP contribution >= 0.6 is 0 Å². The van der Waals surface area contributed by atoms with Gasteiger partial charge in [-0.1, -0.05) is 20.8 Å². The van der Waals surface area contributed by atoms with Crippen molar-refractivity contribution in [1.82, 2.24) is 0 Å². The number of amides is 1. The van der Waals surface area contributed by atoms with Crippen LogP contribution in [-0.4, -0.2) is 16.1 Å². The molecule has 92 valence electrons. The number of rotatable bonds is 2. The van der Waals surface area contributed by atoms with Gasteiger partial charge in [0, 0.05) is 11.6 Å². The van der Waals surface area contributed by atoms with Crippen LogP contribution in [0.25, 0.3) is 0 Å². The van der Waals surface area contributed by atoms with Crippen molar-refractivity contribution < 1.29 is 14.8 Å². The van der Waals surface area contributed by atoms with Crippen LogP contribution in [0.15, 0.2) is 18.2 Å². The predicted molar refractivity (Wildman–Crippen MR) is 63.4 cm³/mol. The van der Waals surface area contributed by atoms with Crippen LogP contribution in [0.2, 0.25) is 0 Å². The Labute approximate surface area is 98.4 Å². The third-order valence-electron chi connectivity index (χ3n) is 2.25. The standard InChI is InChI=1S/C11H14N2O4/c1-11(2,3)8-5-4-7(12-10(14)15)6-9(8)13(16)17/h4-6,12H,1-3H3,(H,14,15). The second-order valence-corrected chi connectivity index (χ2v) is 4.67. The van der Waals surface area contributed by atoms with E-state index in [9.17, 15) is 14.9 Å². The molecule has 0 unspecified atom stereocenters. The van der Waals surface area contributed by atoms with Crippen molar-refractivity contribution in [3.05, 3.63) is 33.9 Å². The number of carboxylic acid groups (broad SMARTS) is 1. The molecule has 2 N–H and O–H groups in total. The van der Waals surface area contributed by atoms with Crippen LogP contribution in [0.4, 0.5) is 16.2 Å². The molecule has 0 saturated carbocycles. The molecule has 0 radical (unpaired) electrons. The number of nitro groups is 1. The Kier molecular flexibility index (Phi) is 3.36. The van der Waals surface area contributed by atoms with Crippen LogP contribution < -0.4 is 5.32 Å². The summed E-state index contributed by atoms with van der Waals surface area (Å²) in [6.07, 6.45) is -1.25. The van der Waals surface area contributed by atoms with Crippen molar-refractivity contribution in [1.29, 1.82) is 0 Å². The second kappa shape index (κ2) is 4.40. The first-order valence-electron chi connectivity index (χ1n) is 5.00. The van der Waals surface area contributed by atoms with Crippen LogP contribution in [-0.2, 0) is 5.41 Å². The molecule has 0 aliphatic carbocycles. The fourth-order valence-electron chi connectivity index (χ4n) is 1.52. The van der Waals surface area contributed by atoms with Gasteiger partial charge in [0.05, 0.1) is 10.6 Å². The Balaban J connectivity index is 3.27. The molecule has 0 aromatic heterocycles. The lowest BCUT2D eigenvalue weighted by Gasteiger charge is -2.19. The summed E-state index contributed by atoms with van der Waals surface area (Å²) < 4.78 is 0. The van der Waals surface area contributed by atoms with Gasteiger partial charge in [-0.2, -0.15) is 0 Å². The van der Waals surface area contributed by atoms with Gasteiger partial charge in [-0.3, -0.25) is 15.4 Å². The number of benzene rings is 1. The summed E-state index contributed by atoms with van der Waals surface area (Å²) in [5.74, 6) is 0. The molecular weight excluding hydrogens is 224 g/mol. The molecule has 0 aliphatic heterocycles. The number of carbonyl (C=O) groups is 1. The summed E-state index contributed by atoms with van der Waals surface area (Å²) in [6.45, 7) is 5.58. The van der Waals surface area contributed by atoms with E-state index in [2.05, 4.69) is 5.32 Å². The molecule has 0 saturated heterocycles. The van der Waals surface area contributed by atoms with Crippen molar-refractivity contribution >= 4 is 17.5 Å². The Morgan fingerprint density at radius 1 is 1.41 bits per heavy atom. The van der Waals surface area contributed by atoms with Crippen LogP contribution in [0.5, 0.6) is 0 Å². The molecular formula is C11H14N2O4. The molecule has 0 fully saturated rings. The predicted octanol–water partition coefficient (Wildman–Crippen LogP) is 2.98.